The van der Waals surface area contributed by atoms with Gasteiger partial charge in [0.1, 0.15) is 9.96 Å². The molecule has 0 aliphatic carbocycles. The lowest BCUT2D eigenvalue weighted by molar-refractivity contribution is -0.144. The smallest absolute Gasteiger partial charge is 0.325 e. The minimum atomic E-state index is -3.02. The second kappa shape index (κ2) is 4.98. The number of rotatable bonds is 4. The van der Waals surface area contributed by atoms with Gasteiger partial charge in [-0.15, -0.1) is 21.9 Å². The molecule has 0 atom stereocenters. The van der Waals surface area contributed by atoms with Gasteiger partial charge in [0.2, 0.25) is 0 Å². The Bertz CT molecular complexity index is 319. The zero-order valence-corrected chi connectivity index (χ0v) is 10.2. The molecule has 0 bridgehead atoms. The molecule has 0 amide bonds. The summed E-state index contributed by atoms with van der Waals surface area (Å²) in [4.78, 5) is 11.2. The molecule has 2 N–H and O–H groups in total. The Morgan fingerprint density at radius 1 is 1.60 bits per heavy atom. The van der Waals surface area contributed by atoms with Gasteiger partial charge < -0.3 is 4.74 Å². The van der Waals surface area contributed by atoms with Gasteiger partial charge in [-0.25, -0.2) is 0 Å². The first kappa shape index (κ1) is 12.5. The van der Waals surface area contributed by atoms with Crippen molar-refractivity contribution < 1.29 is 18.6 Å². The van der Waals surface area contributed by atoms with Crippen LogP contribution in [0.2, 0.25) is 0 Å². The molecule has 0 radical (unpaired) electrons. The fourth-order valence-corrected chi connectivity index (χ4v) is 3.23. The van der Waals surface area contributed by atoms with E-state index in [1.807, 2.05) is 0 Å². The molecule has 0 saturated heterocycles. The molecule has 1 aromatic rings. The van der Waals surface area contributed by atoms with Crippen LogP contribution in [0.1, 0.15) is 13.8 Å². The molecule has 1 rings (SSSR count). The van der Waals surface area contributed by atoms with E-state index in [1.54, 1.807) is 31.4 Å². The normalized spacial score (nSPS) is 12.9. The van der Waals surface area contributed by atoms with Crippen LogP contribution >= 0.6 is 21.9 Å². The molecule has 0 aromatic carbocycles. The van der Waals surface area contributed by atoms with E-state index < -0.39 is 16.6 Å². The zero-order valence-electron chi connectivity index (χ0n) is 8.54. The van der Waals surface area contributed by atoms with Crippen LogP contribution in [0.25, 0.3) is 0 Å². The Labute approximate surface area is 94.2 Å². The summed E-state index contributed by atoms with van der Waals surface area (Å²) < 4.78 is 24.7. The number of hydrogen-bond donors (Lipinski definition) is 2. The highest BCUT2D eigenvalue weighted by Gasteiger charge is 2.22. The predicted molar refractivity (Wildman–Crippen MR) is 61.5 cm³/mol. The number of esters is 1. The molecule has 6 heteroatoms. The molecule has 4 nitrogen and oxygen atoms in total. The minimum Gasteiger partial charge on any atom is -0.462 e. The second-order valence-electron chi connectivity index (χ2n) is 3.28. The first-order chi connectivity index (χ1) is 6.92. The maximum absolute atomic E-state index is 11.2. The molecule has 0 aliphatic heterocycles. The molecular weight excluding hydrogens is 236 g/mol. The first-order valence-corrected chi connectivity index (χ1v) is 7.00. The van der Waals surface area contributed by atoms with Crippen molar-refractivity contribution in [3.63, 3.8) is 0 Å². The van der Waals surface area contributed by atoms with Gasteiger partial charge >= 0.3 is 5.97 Å². The lowest BCUT2D eigenvalue weighted by Crippen LogP contribution is -2.19. The van der Waals surface area contributed by atoms with Crippen LogP contribution in [0, 0.1) is 0 Å². The number of ether oxygens (including phenoxy) is 1. The monoisotopic (exact) mass is 250 g/mol. The first-order valence-electron chi connectivity index (χ1n) is 4.41. The lowest BCUT2D eigenvalue weighted by atomic mass is 10.5. The molecule has 86 valence electrons. The predicted octanol–water partition coefficient (Wildman–Crippen LogP) is 2.81. The summed E-state index contributed by atoms with van der Waals surface area (Å²) in [6.45, 7) is 3.43. The van der Waals surface area contributed by atoms with Gasteiger partial charge in [-0.1, -0.05) is 0 Å². The van der Waals surface area contributed by atoms with Crippen molar-refractivity contribution in [2.45, 2.75) is 24.2 Å². The number of carbonyl (C=O) groups is 1. The molecular formula is C9H14O4S2. The molecule has 0 spiro atoms. The summed E-state index contributed by atoms with van der Waals surface area (Å²) in [5.41, 5.74) is 0. The molecule has 0 aliphatic rings. The Morgan fingerprint density at radius 3 is 2.73 bits per heavy atom. The van der Waals surface area contributed by atoms with E-state index in [4.69, 9.17) is 4.74 Å². The highest BCUT2D eigenvalue weighted by molar-refractivity contribution is 8.26. The van der Waals surface area contributed by atoms with Gasteiger partial charge in [-0.3, -0.25) is 13.9 Å². The van der Waals surface area contributed by atoms with E-state index in [9.17, 15) is 13.9 Å². The third-order valence-corrected chi connectivity index (χ3v) is 4.67. The van der Waals surface area contributed by atoms with E-state index in [1.165, 1.54) is 11.3 Å². The molecule has 0 saturated carbocycles. The van der Waals surface area contributed by atoms with Gasteiger partial charge in [0.25, 0.3) is 0 Å². The van der Waals surface area contributed by atoms with Gasteiger partial charge in [-0.2, -0.15) is 0 Å². The number of thiophene rings is 1. The van der Waals surface area contributed by atoms with Crippen molar-refractivity contribution in [1.29, 1.82) is 0 Å². The number of hydrogen-bond acceptors (Lipinski definition) is 5. The molecule has 0 fully saturated rings. The fourth-order valence-electron chi connectivity index (χ4n) is 0.982. The van der Waals surface area contributed by atoms with Crippen LogP contribution < -0.4 is 0 Å². The van der Waals surface area contributed by atoms with Crippen LogP contribution in [0.4, 0.5) is 0 Å². The quantitative estimate of drug-likeness (QED) is 0.806. The Kier molecular flexibility index (Phi) is 4.15. The van der Waals surface area contributed by atoms with E-state index in [-0.39, 0.29) is 11.9 Å². The summed E-state index contributed by atoms with van der Waals surface area (Å²) >= 11 is 1.22. The Morgan fingerprint density at radius 2 is 2.27 bits per heavy atom. The lowest BCUT2D eigenvalue weighted by Gasteiger charge is -2.29. The van der Waals surface area contributed by atoms with Crippen molar-refractivity contribution in [3.05, 3.63) is 17.5 Å². The average molecular weight is 250 g/mol. The number of carbonyl (C=O) groups excluding carboxylic acids is 1. The molecule has 0 unspecified atom stereocenters. The third-order valence-electron chi connectivity index (χ3n) is 1.50. The van der Waals surface area contributed by atoms with E-state index in [2.05, 4.69) is 0 Å². The van der Waals surface area contributed by atoms with E-state index in [0.717, 1.165) is 0 Å². The maximum atomic E-state index is 11.2. The molecule has 15 heavy (non-hydrogen) atoms. The van der Waals surface area contributed by atoms with E-state index in [0.29, 0.717) is 4.21 Å². The average Bonchev–Trinajstić information content (AvgIpc) is 2.51. The largest absolute Gasteiger partial charge is 0.462 e. The molecule has 1 aromatic heterocycles. The van der Waals surface area contributed by atoms with E-state index >= 15 is 0 Å². The van der Waals surface area contributed by atoms with Crippen LogP contribution in [0.15, 0.2) is 21.7 Å². The SMILES string of the molecule is CC(C)OC(=O)CS(O)(O)c1cccs1. The highest BCUT2D eigenvalue weighted by atomic mass is 32.3. The third kappa shape index (κ3) is 3.83. The summed E-state index contributed by atoms with van der Waals surface area (Å²) in [6, 6.07) is 3.31. The zero-order chi connectivity index (χ0) is 11.5. The topological polar surface area (TPSA) is 66.8 Å². The Balaban J connectivity index is 2.61. The summed E-state index contributed by atoms with van der Waals surface area (Å²) in [5.74, 6) is -0.954. The van der Waals surface area contributed by atoms with Gasteiger partial charge in [0.05, 0.1) is 6.10 Å². The van der Waals surface area contributed by atoms with Crippen LogP contribution in [0.5, 0.6) is 0 Å². The van der Waals surface area contributed by atoms with Gasteiger partial charge in [-0.05, 0) is 31.4 Å². The van der Waals surface area contributed by atoms with Crippen molar-refractivity contribution in [2.75, 3.05) is 5.75 Å². The molecule has 1 heterocycles. The van der Waals surface area contributed by atoms with Crippen molar-refractivity contribution >= 4 is 27.9 Å². The summed E-state index contributed by atoms with van der Waals surface area (Å²) in [5, 5.41) is 1.73. The minimum absolute atomic E-state index is 0.240. The highest BCUT2D eigenvalue weighted by Crippen LogP contribution is 2.50. The summed E-state index contributed by atoms with van der Waals surface area (Å²) in [7, 11) is -3.02. The van der Waals surface area contributed by atoms with Crippen LogP contribution in [0.3, 0.4) is 0 Å². The van der Waals surface area contributed by atoms with Crippen LogP contribution in [-0.2, 0) is 9.53 Å². The van der Waals surface area contributed by atoms with Crippen molar-refractivity contribution in [3.8, 4) is 0 Å². The second-order valence-corrected chi connectivity index (χ2v) is 6.55. The van der Waals surface area contributed by atoms with Crippen molar-refractivity contribution in [2.24, 2.45) is 0 Å². The fraction of sp³-hybridized carbons (Fsp3) is 0.444. The standard InChI is InChI=1S/C9H14O4S2/c1-7(2)13-8(10)6-15(11,12)9-4-3-5-14-9/h3-5,7,11-12H,6H2,1-2H3. The van der Waals surface area contributed by atoms with Gasteiger partial charge in [0, 0.05) is 0 Å². The Hall–Kier alpha value is -0.560. The maximum Gasteiger partial charge on any atom is 0.325 e. The van der Waals surface area contributed by atoms with Gasteiger partial charge in [0.15, 0.2) is 0 Å². The van der Waals surface area contributed by atoms with Crippen LogP contribution in [-0.4, -0.2) is 26.9 Å². The van der Waals surface area contributed by atoms with Crippen molar-refractivity contribution in [1.82, 2.24) is 0 Å². The summed E-state index contributed by atoms with van der Waals surface area (Å²) in [6.07, 6.45) is -0.240.